The topological polar surface area (TPSA) is 32.3 Å². The summed E-state index contributed by atoms with van der Waals surface area (Å²) in [6.07, 6.45) is 2.11. The highest BCUT2D eigenvalue weighted by Crippen LogP contribution is 2.28. The molecule has 2 fully saturated rings. The Labute approximate surface area is 131 Å². The van der Waals surface area contributed by atoms with E-state index in [0.29, 0.717) is 17.4 Å². The van der Waals surface area contributed by atoms with Gasteiger partial charge in [0.05, 0.1) is 0 Å². The third-order valence-corrected chi connectivity index (χ3v) is 4.74. The van der Waals surface area contributed by atoms with Crippen LogP contribution in [0.1, 0.15) is 28.8 Å². The van der Waals surface area contributed by atoms with Gasteiger partial charge in [0, 0.05) is 18.7 Å². The highest BCUT2D eigenvalue weighted by molar-refractivity contribution is 5.95. The molecule has 0 unspecified atom stereocenters. The van der Waals surface area contributed by atoms with Crippen molar-refractivity contribution in [3.63, 3.8) is 0 Å². The molecule has 2 atom stereocenters. The lowest BCUT2D eigenvalue weighted by Crippen LogP contribution is -2.33. The molecule has 116 valence electrons. The Morgan fingerprint density at radius 3 is 2.48 bits per heavy atom. The second-order valence-electron chi connectivity index (χ2n) is 6.01. The molecular formula is C16H22ClFN2O. The van der Waals surface area contributed by atoms with Crippen LogP contribution in [0.2, 0.25) is 0 Å². The average Bonchev–Trinajstić information content (AvgIpc) is 2.80. The maximum atomic E-state index is 13.4. The first-order valence-electron chi connectivity index (χ1n) is 7.41. The number of amides is 1. The summed E-state index contributed by atoms with van der Waals surface area (Å²) < 4.78 is 13.4. The van der Waals surface area contributed by atoms with E-state index in [2.05, 4.69) is 5.32 Å². The summed E-state index contributed by atoms with van der Waals surface area (Å²) >= 11 is 0. The highest BCUT2D eigenvalue weighted by atomic mass is 35.5. The summed E-state index contributed by atoms with van der Waals surface area (Å²) in [7, 11) is 0. The van der Waals surface area contributed by atoms with Gasteiger partial charge in [0.15, 0.2) is 0 Å². The molecule has 0 radical (unpaired) electrons. The van der Waals surface area contributed by atoms with E-state index >= 15 is 0 Å². The van der Waals surface area contributed by atoms with Crippen molar-refractivity contribution in [2.24, 2.45) is 11.8 Å². The summed E-state index contributed by atoms with van der Waals surface area (Å²) in [6, 6.07) is 4.45. The maximum absolute atomic E-state index is 13.4. The van der Waals surface area contributed by atoms with Crippen LogP contribution in [0.5, 0.6) is 0 Å². The van der Waals surface area contributed by atoms with E-state index in [9.17, 15) is 9.18 Å². The minimum Gasteiger partial charge on any atom is -0.339 e. The van der Waals surface area contributed by atoms with Crippen LogP contribution in [-0.2, 0) is 0 Å². The number of nitrogens with one attached hydrogen (secondary N) is 1. The summed E-state index contributed by atoms with van der Waals surface area (Å²) in [6.45, 7) is 5.59. The van der Waals surface area contributed by atoms with Gasteiger partial charge in [-0.3, -0.25) is 4.79 Å². The van der Waals surface area contributed by atoms with Crippen molar-refractivity contribution in [2.45, 2.75) is 19.8 Å². The van der Waals surface area contributed by atoms with Crippen molar-refractivity contribution in [3.8, 4) is 0 Å². The normalized spacial score (nSPS) is 25.0. The van der Waals surface area contributed by atoms with E-state index in [1.807, 2.05) is 11.8 Å². The molecule has 3 nitrogen and oxygen atoms in total. The number of halogens is 2. The molecule has 0 spiro atoms. The molecule has 5 heteroatoms. The predicted octanol–water partition coefficient (Wildman–Crippen LogP) is 2.63. The zero-order valence-electron chi connectivity index (χ0n) is 12.3. The zero-order chi connectivity index (χ0) is 14.1. The van der Waals surface area contributed by atoms with Crippen LogP contribution in [0, 0.1) is 24.6 Å². The number of nitrogens with zero attached hydrogens (tertiary/aromatic N) is 1. The molecule has 1 N–H and O–H groups in total. The number of aryl methyl sites for hydroxylation is 1. The Kier molecular flexibility index (Phi) is 5.22. The Morgan fingerprint density at radius 1 is 1.24 bits per heavy atom. The molecule has 2 aliphatic heterocycles. The van der Waals surface area contributed by atoms with Crippen LogP contribution in [0.15, 0.2) is 18.2 Å². The minimum atomic E-state index is -0.338. The largest absolute Gasteiger partial charge is 0.339 e. The monoisotopic (exact) mass is 312 g/mol. The molecule has 1 aromatic carbocycles. The third-order valence-electron chi connectivity index (χ3n) is 4.74. The molecule has 0 bridgehead atoms. The number of likely N-dealkylation sites (tertiary alicyclic amines) is 1. The van der Waals surface area contributed by atoms with Crippen LogP contribution in [0.25, 0.3) is 0 Å². The van der Waals surface area contributed by atoms with E-state index < -0.39 is 0 Å². The standard InChI is InChI=1S/C16H21FN2O.ClH/c1-11-2-3-14(17)8-15(11)16(20)19-6-4-12-9-18-10-13(12)5-7-19;/h2-3,8,12-13,18H,4-7,9-10H2,1H3;1H/t12-,13+;. The molecule has 2 aliphatic rings. The molecular weight excluding hydrogens is 291 g/mol. The quantitative estimate of drug-likeness (QED) is 0.864. The average molecular weight is 313 g/mol. The fraction of sp³-hybridized carbons (Fsp3) is 0.562. The molecule has 3 rings (SSSR count). The SMILES string of the molecule is Cc1ccc(F)cc1C(=O)N1CC[C@@H]2CNC[C@@H]2CC1.Cl. The number of hydrogen-bond acceptors (Lipinski definition) is 2. The predicted molar refractivity (Wildman–Crippen MR) is 83.4 cm³/mol. The number of fused-ring (bicyclic) bond motifs is 1. The van der Waals surface area contributed by atoms with Crippen molar-refractivity contribution in [1.29, 1.82) is 0 Å². The second kappa shape index (κ2) is 6.75. The molecule has 2 heterocycles. The van der Waals surface area contributed by atoms with Gasteiger partial charge in [-0.1, -0.05) is 6.07 Å². The molecule has 0 aliphatic carbocycles. The van der Waals surface area contributed by atoms with Crippen LogP contribution in [0.3, 0.4) is 0 Å². The van der Waals surface area contributed by atoms with Gasteiger partial charge in [0.25, 0.3) is 5.91 Å². The molecule has 1 amide bonds. The molecule has 0 aromatic heterocycles. The fourth-order valence-corrected chi connectivity index (χ4v) is 3.42. The second-order valence-corrected chi connectivity index (χ2v) is 6.01. The highest BCUT2D eigenvalue weighted by Gasteiger charge is 2.31. The van der Waals surface area contributed by atoms with Crippen molar-refractivity contribution in [3.05, 3.63) is 35.1 Å². The summed E-state index contributed by atoms with van der Waals surface area (Å²) in [4.78, 5) is 14.5. The smallest absolute Gasteiger partial charge is 0.254 e. The van der Waals surface area contributed by atoms with Gasteiger partial charge in [-0.15, -0.1) is 12.4 Å². The first-order chi connectivity index (χ1) is 9.65. The Bertz CT molecular complexity index is 509. The summed E-state index contributed by atoms with van der Waals surface area (Å²) in [5, 5.41) is 3.43. The molecule has 2 saturated heterocycles. The maximum Gasteiger partial charge on any atom is 0.254 e. The number of carbonyl (C=O) groups excluding carboxylic acids is 1. The lowest BCUT2D eigenvalue weighted by molar-refractivity contribution is 0.0757. The molecule has 0 saturated carbocycles. The van der Waals surface area contributed by atoms with Crippen LogP contribution < -0.4 is 5.32 Å². The molecule has 21 heavy (non-hydrogen) atoms. The van der Waals surface area contributed by atoms with E-state index in [4.69, 9.17) is 0 Å². The van der Waals surface area contributed by atoms with Gasteiger partial charge in [-0.2, -0.15) is 0 Å². The molecule has 1 aromatic rings. The van der Waals surface area contributed by atoms with Gasteiger partial charge < -0.3 is 10.2 Å². The van der Waals surface area contributed by atoms with E-state index in [-0.39, 0.29) is 24.1 Å². The van der Waals surface area contributed by atoms with Gasteiger partial charge in [-0.05, 0) is 62.4 Å². The van der Waals surface area contributed by atoms with Crippen LogP contribution in [0.4, 0.5) is 4.39 Å². The van der Waals surface area contributed by atoms with Crippen molar-refractivity contribution < 1.29 is 9.18 Å². The fourth-order valence-electron chi connectivity index (χ4n) is 3.42. The number of hydrogen-bond donors (Lipinski definition) is 1. The summed E-state index contributed by atoms with van der Waals surface area (Å²) in [5.41, 5.74) is 1.36. The van der Waals surface area contributed by atoms with E-state index in [1.54, 1.807) is 6.07 Å². The lowest BCUT2D eigenvalue weighted by Gasteiger charge is -2.22. The summed E-state index contributed by atoms with van der Waals surface area (Å²) in [5.74, 6) is 1.03. The van der Waals surface area contributed by atoms with Gasteiger partial charge in [-0.25, -0.2) is 4.39 Å². The van der Waals surface area contributed by atoms with Crippen molar-refractivity contribution in [1.82, 2.24) is 10.2 Å². The van der Waals surface area contributed by atoms with Crippen LogP contribution >= 0.6 is 12.4 Å². The number of carbonyl (C=O) groups is 1. The third kappa shape index (κ3) is 3.38. The van der Waals surface area contributed by atoms with Gasteiger partial charge >= 0.3 is 0 Å². The van der Waals surface area contributed by atoms with Crippen molar-refractivity contribution >= 4 is 18.3 Å². The Hall–Kier alpha value is -1.13. The zero-order valence-corrected chi connectivity index (χ0v) is 13.1. The van der Waals surface area contributed by atoms with Crippen molar-refractivity contribution in [2.75, 3.05) is 26.2 Å². The Morgan fingerprint density at radius 2 is 1.86 bits per heavy atom. The number of rotatable bonds is 1. The first kappa shape index (κ1) is 16.2. The van der Waals surface area contributed by atoms with Gasteiger partial charge in [0.2, 0.25) is 0 Å². The number of benzene rings is 1. The minimum absolute atomic E-state index is 0. The lowest BCUT2D eigenvalue weighted by atomic mass is 9.92. The Balaban J connectivity index is 0.00000161. The van der Waals surface area contributed by atoms with E-state index in [0.717, 1.165) is 44.6 Å². The van der Waals surface area contributed by atoms with Gasteiger partial charge in [0.1, 0.15) is 5.82 Å². The van der Waals surface area contributed by atoms with E-state index in [1.165, 1.54) is 12.1 Å². The first-order valence-corrected chi connectivity index (χ1v) is 7.41. The van der Waals surface area contributed by atoms with Crippen LogP contribution in [-0.4, -0.2) is 37.0 Å².